The summed E-state index contributed by atoms with van der Waals surface area (Å²) in [6, 6.07) is 0.636. The van der Waals surface area contributed by atoms with E-state index in [2.05, 4.69) is 38.0 Å². The van der Waals surface area contributed by atoms with Crippen LogP contribution >= 0.6 is 0 Å². The fraction of sp³-hybridized carbons (Fsp3) is 1.00. The first-order valence-electron chi connectivity index (χ1n) is 7.05. The van der Waals surface area contributed by atoms with Crippen molar-refractivity contribution in [2.24, 2.45) is 0 Å². The molecule has 1 N–H and O–H groups in total. The highest BCUT2D eigenvalue weighted by molar-refractivity contribution is 4.94. The van der Waals surface area contributed by atoms with Crippen molar-refractivity contribution >= 4 is 0 Å². The Balaban J connectivity index is 2.47. The zero-order chi connectivity index (χ0) is 12.0. The summed E-state index contributed by atoms with van der Waals surface area (Å²) in [5.74, 6) is 0. The molecule has 0 saturated carbocycles. The standard InChI is InChI=1S/C14H30N2/c1-5-6-7-10-13(15-4)14(2,3)16-11-8-9-12-16/h13,15H,5-12H2,1-4H3. The van der Waals surface area contributed by atoms with Crippen molar-refractivity contribution in [1.82, 2.24) is 10.2 Å². The predicted molar refractivity (Wildman–Crippen MR) is 71.9 cm³/mol. The minimum atomic E-state index is 0.318. The Labute approximate surface area is 102 Å². The zero-order valence-corrected chi connectivity index (χ0v) is 11.7. The molecule has 1 fully saturated rings. The maximum Gasteiger partial charge on any atom is 0.0306 e. The van der Waals surface area contributed by atoms with Crippen LogP contribution in [0.25, 0.3) is 0 Å². The second-order valence-electron chi connectivity index (χ2n) is 5.68. The molecule has 1 saturated heterocycles. The molecule has 0 aromatic heterocycles. The van der Waals surface area contributed by atoms with Gasteiger partial charge < -0.3 is 5.32 Å². The Morgan fingerprint density at radius 1 is 1.19 bits per heavy atom. The number of nitrogens with one attached hydrogen (secondary N) is 1. The van der Waals surface area contributed by atoms with Gasteiger partial charge in [0.15, 0.2) is 0 Å². The van der Waals surface area contributed by atoms with Gasteiger partial charge in [-0.25, -0.2) is 0 Å². The average molecular weight is 226 g/mol. The smallest absolute Gasteiger partial charge is 0.0306 e. The van der Waals surface area contributed by atoms with Crippen molar-refractivity contribution in [3.63, 3.8) is 0 Å². The summed E-state index contributed by atoms with van der Waals surface area (Å²) < 4.78 is 0. The molecule has 0 aromatic rings. The molecule has 2 nitrogen and oxygen atoms in total. The van der Waals surface area contributed by atoms with E-state index >= 15 is 0 Å². The third kappa shape index (κ3) is 3.46. The first kappa shape index (κ1) is 14.0. The van der Waals surface area contributed by atoms with Crippen LogP contribution in [0.3, 0.4) is 0 Å². The molecule has 1 aliphatic rings. The lowest BCUT2D eigenvalue weighted by molar-refractivity contribution is 0.105. The van der Waals surface area contributed by atoms with Crippen LogP contribution in [0.15, 0.2) is 0 Å². The van der Waals surface area contributed by atoms with Gasteiger partial charge in [-0.3, -0.25) is 4.90 Å². The van der Waals surface area contributed by atoms with Crippen LogP contribution in [0.1, 0.15) is 59.3 Å². The predicted octanol–water partition coefficient (Wildman–Crippen LogP) is 3.03. The molecule has 0 aromatic carbocycles. The molecule has 96 valence electrons. The minimum Gasteiger partial charge on any atom is -0.315 e. The van der Waals surface area contributed by atoms with E-state index in [1.807, 2.05) is 0 Å². The summed E-state index contributed by atoms with van der Waals surface area (Å²) in [5, 5.41) is 3.54. The Bertz CT molecular complexity index is 183. The largest absolute Gasteiger partial charge is 0.315 e. The van der Waals surface area contributed by atoms with Crippen LogP contribution < -0.4 is 5.32 Å². The SMILES string of the molecule is CCCCCC(NC)C(C)(C)N1CCCC1. The molecule has 1 heterocycles. The van der Waals surface area contributed by atoms with Gasteiger partial charge in [0.1, 0.15) is 0 Å². The van der Waals surface area contributed by atoms with E-state index in [1.54, 1.807) is 0 Å². The van der Waals surface area contributed by atoms with Crippen molar-refractivity contribution < 1.29 is 0 Å². The fourth-order valence-electron chi connectivity index (χ4n) is 2.96. The minimum absolute atomic E-state index is 0.318. The third-order valence-corrected chi connectivity index (χ3v) is 4.22. The first-order valence-corrected chi connectivity index (χ1v) is 7.05. The molecule has 0 spiro atoms. The van der Waals surface area contributed by atoms with Gasteiger partial charge in [-0.05, 0) is 53.2 Å². The van der Waals surface area contributed by atoms with E-state index in [-0.39, 0.29) is 0 Å². The van der Waals surface area contributed by atoms with Crippen molar-refractivity contribution in [2.75, 3.05) is 20.1 Å². The van der Waals surface area contributed by atoms with Crippen LogP contribution in [0.2, 0.25) is 0 Å². The summed E-state index contributed by atoms with van der Waals surface area (Å²) in [4.78, 5) is 2.67. The highest BCUT2D eigenvalue weighted by atomic mass is 15.2. The second-order valence-corrected chi connectivity index (χ2v) is 5.68. The van der Waals surface area contributed by atoms with Crippen molar-refractivity contribution in [3.8, 4) is 0 Å². The zero-order valence-electron chi connectivity index (χ0n) is 11.7. The second kappa shape index (κ2) is 6.61. The van der Waals surface area contributed by atoms with E-state index in [0.717, 1.165) is 0 Å². The highest BCUT2D eigenvalue weighted by Crippen LogP contribution is 2.26. The molecule has 0 amide bonds. The number of hydrogen-bond donors (Lipinski definition) is 1. The van der Waals surface area contributed by atoms with Gasteiger partial charge in [-0.15, -0.1) is 0 Å². The summed E-state index contributed by atoms with van der Waals surface area (Å²) in [7, 11) is 2.12. The van der Waals surface area contributed by atoms with Gasteiger partial charge in [0.2, 0.25) is 0 Å². The number of hydrogen-bond acceptors (Lipinski definition) is 2. The number of likely N-dealkylation sites (tertiary alicyclic amines) is 1. The number of nitrogens with zero attached hydrogens (tertiary/aromatic N) is 1. The molecule has 0 aliphatic carbocycles. The van der Waals surface area contributed by atoms with E-state index in [1.165, 1.54) is 51.6 Å². The molecule has 1 unspecified atom stereocenters. The lowest BCUT2D eigenvalue weighted by Gasteiger charge is -2.42. The highest BCUT2D eigenvalue weighted by Gasteiger charge is 2.35. The maximum absolute atomic E-state index is 3.54. The average Bonchev–Trinajstić information content (AvgIpc) is 2.78. The molecule has 1 rings (SSSR count). The Kier molecular flexibility index (Phi) is 5.77. The van der Waals surface area contributed by atoms with Gasteiger partial charge in [0.25, 0.3) is 0 Å². The van der Waals surface area contributed by atoms with Gasteiger partial charge in [0.05, 0.1) is 0 Å². The van der Waals surface area contributed by atoms with Crippen LogP contribution in [0.5, 0.6) is 0 Å². The molecule has 0 bridgehead atoms. The van der Waals surface area contributed by atoms with Crippen LogP contribution in [-0.2, 0) is 0 Å². The fourth-order valence-corrected chi connectivity index (χ4v) is 2.96. The lowest BCUT2D eigenvalue weighted by atomic mass is 9.88. The van der Waals surface area contributed by atoms with E-state index < -0.39 is 0 Å². The quantitative estimate of drug-likeness (QED) is 0.671. The molecule has 0 radical (unpaired) electrons. The van der Waals surface area contributed by atoms with E-state index in [0.29, 0.717) is 11.6 Å². The van der Waals surface area contributed by atoms with E-state index in [9.17, 15) is 0 Å². The summed E-state index contributed by atoms with van der Waals surface area (Å²) in [5.41, 5.74) is 0.318. The van der Waals surface area contributed by atoms with Gasteiger partial charge in [-0.1, -0.05) is 26.2 Å². The normalized spacial score (nSPS) is 20.2. The summed E-state index contributed by atoms with van der Waals surface area (Å²) in [6.07, 6.45) is 8.13. The monoisotopic (exact) mass is 226 g/mol. The van der Waals surface area contributed by atoms with Crippen molar-refractivity contribution in [1.29, 1.82) is 0 Å². The topological polar surface area (TPSA) is 15.3 Å². The number of likely N-dealkylation sites (N-methyl/N-ethyl adjacent to an activating group) is 1. The van der Waals surface area contributed by atoms with Crippen LogP contribution in [-0.4, -0.2) is 36.6 Å². The van der Waals surface area contributed by atoms with Gasteiger partial charge in [0, 0.05) is 11.6 Å². The molecule has 16 heavy (non-hydrogen) atoms. The van der Waals surface area contributed by atoms with Gasteiger partial charge >= 0.3 is 0 Å². The number of rotatable bonds is 7. The molecule has 2 heteroatoms. The maximum atomic E-state index is 3.54. The van der Waals surface area contributed by atoms with E-state index in [4.69, 9.17) is 0 Å². The van der Waals surface area contributed by atoms with Crippen molar-refractivity contribution in [3.05, 3.63) is 0 Å². The molecular weight excluding hydrogens is 196 g/mol. The Morgan fingerprint density at radius 2 is 1.81 bits per heavy atom. The summed E-state index contributed by atoms with van der Waals surface area (Å²) in [6.45, 7) is 9.68. The lowest BCUT2D eigenvalue weighted by Crippen LogP contribution is -2.56. The Morgan fingerprint density at radius 3 is 2.31 bits per heavy atom. The van der Waals surface area contributed by atoms with Crippen molar-refractivity contribution in [2.45, 2.75) is 70.9 Å². The Hall–Kier alpha value is -0.0800. The molecule has 1 aliphatic heterocycles. The van der Waals surface area contributed by atoms with Crippen LogP contribution in [0, 0.1) is 0 Å². The summed E-state index contributed by atoms with van der Waals surface area (Å²) >= 11 is 0. The van der Waals surface area contributed by atoms with Crippen LogP contribution in [0.4, 0.5) is 0 Å². The number of unbranched alkanes of at least 4 members (excludes halogenated alkanes) is 2. The van der Waals surface area contributed by atoms with Gasteiger partial charge in [-0.2, -0.15) is 0 Å². The molecule has 1 atom stereocenters. The third-order valence-electron chi connectivity index (χ3n) is 4.22. The molecular formula is C14H30N2. The first-order chi connectivity index (χ1) is 7.62.